The third-order valence-corrected chi connectivity index (χ3v) is 4.71. The van der Waals surface area contributed by atoms with E-state index in [9.17, 15) is 9.90 Å². The fraction of sp³-hybridized carbons (Fsp3) is 0.944. The van der Waals surface area contributed by atoms with Crippen LogP contribution >= 0.6 is 0 Å². The van der Waals surface area contributed by atoms with Gasteiger partial charge in [-0.2, -0.15) is 0 Å². The molecule has 5 nitrogen and oxygen atoms in total. The van der Waals surface area contributed by atoms with E-state index in [0.717, 1.165) is 13.1 Å². The highest BCUT2D eigenvalue weighted by molar-refractivity contribution is 5.73. The molecule has 23 heavy (non-hydrogen) atoms. The molecule has 0 aromatic heterocycles. The summed E-state index contributed by atoms with van der Waals surface area (Å²) in [5.41, 5.74) is 0. The number of carbonyl (C=O) groups is 1. The van der Waals surface area contributed by atoms with E-state index in [0.29, 0.717) is 31.5 Å². The number of hydrogen-bond donors (Lipinski definition) is 3. The number of amides is 2. The highest BCUT2D eigenvalue weighted by atomic mass is 16.3. The Bertz CT molecular complexity index is 326. The number of aliphatic hydroxyl groups excluding tert-OH is 1. The van der Waals surface area contributed by atoms with Crippen molar-refractivity contribution in [2.75, 3.05) is 26.2 Å². The molecule has 0 radical (unpaired) electrons. The van der Waals surface area contributed by atoms with Crippen molar-refractivity contribution in [2.24, 2.45) is 11.8 Å². The Morgan fingerprint density at radius 2 is 1.57 bits per heavy atom. The molecule has 1 rings (SSSR count). The van der Waals surface area contributed by atoms with Crippen molar-refractivity contribution >= 4 is 6.03 Å². The first-order valence-electron chi connectivity index (χ1n) is 9.34. The van der Waals surface area contributed by atoms with Gasteiger partial charge in [-0.05, 0) is 51.1 Å². The highest BCUT2D eigenvalue weighted by Crippen LogP contribution is 2.17. The smallest absolute Gasteiger partial charge is 0.314 e. The van der Waals surface area contributed by atoms with Gasteiger partial charge in [-0.25, -0.2) is 4.79 Å². The quantitative estimate of drug-likeness (QED) is 0.642. The van der Waals surface area contributed by atoms with Crippen LogP contribution in [-0.4, -0.2) is 54.4 Å². The first-order valence-corrected chi connectivity index (χ1v) is 9.34. The monoisotopic (exact) mass is 327 g/mol. The molecule has 1 aliphatic heterocycles. The van der Waals surface area contributed by atoms with Crippen molar-refractivity contribution in [2.45, 2.75) is 71.9 Å². The van der Waals surface area contributed by atoms with E-state index in [4.69, 9.17) is 0 Å². The summed E-state index contributed by atoms with van der Waals surface area (Å²) in [7, 11) is 0. The molecule has 1 fully saturated rings. The van der Waals surface area contributed by atoms with Crippen LogP contribution in [0.5, 0.6) is 0 Å². The van der Waals surface area contributed by atoms with Crippen LogP contribution in [0, 0.1) is 11.8 Å². The zero-order valence-electron chi connectivity index (χ0n) is 15.5. The molecule has 1 aliphatic rings. The summed E-state index contributed by atoms with van der Waals surface area (Å²) in [6, 6.07) is 0.316. The number of carbonyl (C=O) groups excluding carboxylic acids is 1. The van der Waals surface area contributed by atoms with Crippen molar-refractivity contribution in [3.05, 3.63) is 0 Å². The standard InChI is InChI=1S/C18H37N3O2/c1-14(2)17(21-9-7-5-6-8-10-21)13-20-18(23)19-12-15(3)11-16(4)22/h14-17,22H,5-13H2,1-4H3,(H2,19,20,23). The van der Waals surface area contributed by atoms with E-state index < -0.39 is 0 Å². The van der Waals surface area contributed by atoms with Gasteiger partial charge in [-0.3, -0.25) is 4.90 Å². The van der Waals surface area contributed by atoms with Crippen LogP contribution < -0.4 is 10.6 Å². The molecule has 5 heteroatoms. The van der Waals surface area contributed by atoms with Gasteiger partial charge in [0.05, 0.1) is 6.10 Å². The first kappa shape index (κ1) is 20.2. The molecule has 0 bridgehead atoms. The van der Waals surface area contributed by atoms with E-state index in [2.05, 4.69) is 29.4 Å². The lowest BCUT2D eigenvalue weighted by atomic mass is 10.0. The number of likely N-dealkylation sites (tertiary alicyclic amines) is 1. The number of aliphatic hydroxyl groups is 1. The van der Waals surface area contributed by atoms with E-state index in [1.54, 1.807) is 6.92 Å². The molecule has 3 unspecified atom stereocenters. The van der Waals surface area contributed by atoms with Crippen LogP contribution in [0.4, 0.5) is 4.79 Å². The normalized spacial score (nSPS) is 20.6. The first-order chi connectivity index (χ1) is 10.9. The molecular weight excluding hydrogens is 290 g/mol. The largest absolute Gasteiger partial charge is 0.393 e. The van der Waals surface area contributed by atoms with Gasteiger partial charge in [0.25, 0.3) is 0 Å². The molecule has 2 amide bonds. The maximum atomic E-state index is 12.0. The van der Waals surface area contributed by atoms with Crippen molar-refractivity contribution < 1.29 is 9.90 Å². The lowest BCUT2D eigenvalue weighted by molar-refractivity contribution is 0.155. The van der Waals surface area contributed by atoms with Gasteiger partial charge in [-0.1, -0.05) is 33.6 Å². The molecular formula is C18H37N3O2. The van der Waals surface area contributed by atoms with Crippen LogP contribution in [0.1, 0.15) is 59.8 Å². The van der Waals surface area contributed by atoms with Gasteiger partial charge < -0.3 is 15.7 Å². The van der Waals surface area contributed by atoms with Crippen LogP contribution in [0.15, 0.2) is 0 Å². The average molecular weight is 328 g/mol. The molecule has 3 N–H and O–H groups in total. The summed E-state index contributed by atoms with van der Waals surface area (Å²) in [5.74, 6) is 0.815. The van der Waals surface area contributed by atoms with Crippen LogP contribution in [0.2, 0.25) is 0 Å². The summed E-state index contributed by atoms with van der Waals surface area (Å²) in [5, 5.41) is 15.3. The number of hydrogen-bond acceptors (Lipinski definition) is 3. The Hall–Kier alpha value is -0.810. The minimum Gasteiger partial charge on any atom is -0.393 e. The number of nitrogens with zero attached hydrogens (tertiary/aromatic N) is 1. The molecule has 0 saturated carbocycles. The Morgan fingerprint density at radius 1 is 1.00 bits per heavy atom. The predicted molar refractivity (Wildman–Crippen MR) is 95.5 cm³/mol. The minimum absolute atomic E-state index is 0.0945. The lowest BCUT2D eigenvalue weighted by Gasteiger charge is -2.33. The molecule has 1 saturated heterocycles. The zero-order chi connectivity index (χ0) is 17.2. The summed E-state index contributed by atoms with van der Waals surface area (Å²) in [4.78, 5) is 14.6. The van der Waals surface area contributed by atoms with Crippen molar-refractivity contribution in [1.29, 1.82) is 0 Å². The van der Waals surface area contributed by atoms with Gasteiger partial charge >= 0.3 is 6.03 Å². The molecule has 0 spiro atoms. The number of rotatable bonds is 8. The topological polar surface area (TPSA) is 64.6 Å². The van der Waals surface area contributed by atoms with Gasteiger partial charge in [0.15, 0.2) is 0 Å². The SMILES string of the molecule is CC(O)CC(C)CNC(=O)NCC(C(C)C)N1CCCCCC1. The van der Waals surface area contributed by atoms with Crippen molar-refractivity contribution in [1.82, 2.24) is 15.5 Å². The second-order valence-corrected chi connectivity index (χ2v) is 7.54. The molecule has 3 atom stereocenters. The number of nitrogens with one attached hydrogen (secondary N) is 2. The van der Waals surface area contributed by atoms with Gasteiger partial charge in [0.2, 0.25) is 0 Å². The van der Waals surface area contributed by atoms with Gasteiger partial charge in [0, 0.05) is 19.1 Å². The van der Waals surface area contributed by atoms with E-state index in [-0.39, 0.29) is 18.1 Å². The second kappa shape index (κ2) is 10.9. The summed E-state index contributed by atoms with van der Waals surface area (Å²) in [6.45, 7) is 11.9. The Kier molecular flexibility index (Phi) is 9.56. The summed E-state index contributed by atoms with van der Waals surface area (Å²) < 4.78 is 0. The lowest BCUT2D eigenvalue weighted by Crippen LogP contribution is -2.49. The third-order valence-electron chi connectivity index (χ3n) is 4.71. The molecule has 0 aliphatic carbocycles. The molecule has 1 heterocycles. The Balaban J connectivity index is 2.35. The molecule has 136 valence electrons. The third kappa shape index (κ3) is 8.56. The molecule has 0 aromatic carbocycles. The van der Waals surface area contributed by atoms with Crippen LogP contribution in [-0.2, 0) is 0 Å². The fourth-order valence-corrected chi connectivity index (χ4v) is 3.41. The Morgan fingerprint density at radius 3 is 2.09 bits per heavy atom. The fourth-order valence-electron chi connectivity index (χ4n) is 3.41. The number of urea groups is 1. The minimum atomic E-state index is -0.316. The summed E-state index contributed by atoms with van der Waals surface area (Å²) in [6.07, 6.45) is 5.59. The van der Waals surface area contributed by atoms with Crippen molar-refractivity contribution in [3.63, 3.8) is 0 Å². The van der Waals surface area contributed by atoms with Crippen LogP contribution in [0.3, 0.4) is 0 Å². The van der Waals surface area contributed by atoms with E-state index in [1.807, 2.05) is 6.92 Å². The van der Waals surface area contributed by atoms with Gasteiger partial charge in [0.1, 0.15) is 0 Å². The predicted octanol–water partition coefficient (Wildman–Crippen LogP) is 2.59. The second-order valence-electron chi connectivity index (χ2n) is 7.54. The van der Waals surface area contributed by atoms with Crippen molar-refractivity contribution in [3.8, 4) is 0 Å². The molecule has 0 aromatic rings. The van der Waals surface area contributed by atoms with E-state index in [1.165, 1.54) is 25.7 Å². The van der Waals surface area contributed by atoms with E-state index >= 15 is 0 Å². The van der Waals surface area contributed by atoms with Crippen LogP contribution in [0.25, 0.3) is 0 Å². The maximum Gasteiger partial charge on any atom is 0.314 e. The highest BCUT2D eigenvalue weighted by Gasteiger charge is 2.23. The maximum absolute atomic E-state index is 12.0. The summed E-state index contributed by atoms with van der Waals surface area (Å²) >= 11 is 0. The average Bonchev–Trinajstić information content (AvgIpc) is 2.73. The van der Waals surface area contributed by atoms with Gasteiger partial charge in [-0.15, -0.1) is 0 Å². The Labute approximate surface area is 142 Å². The zero-order valence-corrected chi connectivity index (χ0v) is 15.5.